The number of aliphatic hydroxyl groups excluding tert-OH is 1. The number of benzene rings is 1. The molecule has 0 heterocycles. The minimum atomic E-state index is -4.45. The van der Waals surface area contributed by atoms with Gasteiger partial charge in [0.2, 0.25) is 5.78 Å². The molecule has 0 amide bonds. The maximum Gasteiger partial charge on any atom is 0.416 e. The molecule has 2 N–H and O–H groups in total. The SMILES string of the molecule is C=C(O)C(=O)/C(=C\N(C)CC1(c2cccc(C(F)(F)F)c2)CCCC1)C(=O)O. The summed E-state index contributed by atoms with van der Waals surface area (Å²) in [6, 6.07) is 5.18. The number of ketones is 1. The molecule has 0 atom stereocenters. The third-order valence-corrected chi connectivity index (χ3v) is 5.00. The highest BCUT2D eigenvalue weighted by Gasteiger charge is 2.39. The number of carbonyl (C=O) groups is 2. The summed E-state index contributed by atoms with van der Waals surface area (Å²) in [4.78, 5) is 24.6. The minimum absolute atomic E-state index is 0.232. The molecule has 0 bridgehead atoms. The summed E-state index contributed by atoms with van der Waals surface area (Å²) in [5.41, 5.74) is -1.44. The number of aliphatic carboxylic acids is 1. The summed E-state index contributed by atoms with van der Waals surface area (Å²) in [6.07, 6.45) is -0.394. The Labute approximate surface area is 160 Å². The molecule has 8 heteroatoms. The third kappa shape index (κ3) is 4.74. The van der Waals surface area contributed by atoms with Gasteiger partial charge in [-0.3, -0.25) is 4.79 Å². The van der Waals surface area contributed by atoms with Crippen LogP contribution >= 0.6 is 0 Å². The molecule has 1 aliphatic carbocycles. The molecule has 5 nitrogen and oxygen atoms in total. The first-order chi connectivity index (χ1) is 13.0. The monoisotopic (exact) mass is 397 g/mol. The maximum absolute atomic E-state index is 13.1. The number of Topliss-reactive ketones (excluding diaryl/α,β-unsaturated/α-hetero) is 1. The fourth-order valence-electron chi connectivity index (χ4n) is 3.73. The first-order valence-corrected chi connectivity index (χ1v) is 8.72. The van der Waals surface area contributed by atoms with E-state index in [0.717, 1.165) is 31.2 Å². The molecular formula is C20H22F3NO4. The van der Waals surface area contributed by atoms with Crippen LogP contribution in [0.25, 0.3) is 0 Å². The summed E-state index contributed by atoms with van der Waals surface area (Å²) < 4.78 is 39.3. The van der Waals surface area contributed by atoms with Crippen molar-refractivity contribution in [1.82, 2.24) is 4.90 Å². The van der Waals surface area contributed by atoms with Gasteiger partial charge in [0.05, 0.1) is 5.56 Å². The lowest BCUT2D eigenvalue weighted by atomic mass is 9.78. The fourth-order valence-corrected chi connectivity index (χ4v) is 3.73. The van der Waals surface area contributed by atoms with E-state index in [0.29, 0.717) is 18.4 Å². The van der Waals surface area contributed by atoms with E-state index in [-0.39, 0.29) is 6.54 Å². The number of halogens is 3. The second-order valence-electron chi connectivity index (χ2n) is 7.10. The van der Waals surface area contributed by atoms with E-state index >= 15 is 0 Å². The largest absolute Gasteiger partial charge is 0.505 e. The molecule has 152 valence electrons. The van der Waals surface area contributed by atoms with Crippen LogP contribution in [0.15, 0.2) is 48.4 Å². The Balaban J connectivity index is 2.37. The van der Waals surface area contributed by atoms with Crippen molar-refractivity contribution in [2.45, 2.75) is 37.3 Å². The molecule has 1 aromatic rings. The van der Waals surface area contributed by atoms with E-state index in [2.05, 4.69) is 6.58 Å². The highest BCUT2D eigenvalue weighted by atomic mass is 19.4. The number of carboxylic acid groups (broad SMARTS) is 1. The molecule has 28 heavy (non-hydrogen) atoms. The lowest BCUT2D eigenvalue weighted by molar-refractivity contribution is -0.138. The van der Waals surface area contributed by atoms with Crippen LogP contribution in [0.3, 0.4) is 0 Å². The van der Waals surface area contributed by atoms with Gasteiger partial charge < -0.3 is 15.1 Å². The average Bonchev–Trinajstić information content (AvgIpc) is 3.07. The van der Waals surface area contributed by atoms with Crippen molar-refractivity contribution < 1.29 is 33.0 Å². The zero-order valence-electron chi connectivity index (χ0n) is 15.4. The van der Waals surface area contributed by atoms with Crippen molar-refractivity contribution in [2.24, 2.45) is 0 Å². The summed E-state index contributed by atoms with van der Waals surface area (Å²) in [7, 11) is 1.55. The van der Waals surface area contributed by atoms with Crippen LogP contribution in [0.4, 0.5) is 13.2 Å². The van der Waals surface area contributed by atoms with Crippen molar-refractivity contribution in [3.05, 3.63) is 59.5 Å². The molecule has 0 radical (unpaired) electrons. The van der Waals surface area contributed by atoms with Crippen molar-refractivity contribution in [3.8, 4) is 0 Å². The molecular weight excluding hydrogens is 375 g/mol. The number of carbonyl (C=O) groups excluding carboxylic acids is 1. The van der Waals surface area contributed by atoms with Gasteiger partial charge in [0.25, 0.3) is 0 Å². The van der Waals surface area contributed by atoms with E-state index in [1.807, 2.05) is 0 Å². The number of likely N-dealkylation sites (N-methyl/N-ethyl adjacent to an activating group) is 1. The van der Waals surface area contributed by atoms with Gasteiger partial charge >= 0.3 is 12.1 Å². The predicted molar refractivity (Wildman–Crippen MR) is 96.7 cm³/mol. The molecule has 1 saturated carbocycles. The van der Waals surface area contributed by atoms with Crippen LogP contribution in [0.1, 0.15) is 36.8 Å². The topological polar surface area (TPSA) is 77.8 Å². The highest BCUT2D eigenvalue weighted by molar-refractivity contribution is 6.22. The van der Waals surface area contributed by atoms with Crippen LogP contribution < -0.4 is 0 Å². The average molecular weight is 397 g/mol. The Morgan fingerprint density at radius 3 is 2.36 bits per heavy atom. The fraction of sp³-hybridized carbons (Fsp3) is 0.400. The summed E-state index contributed by atoms with van der Waals surface area (Å²) in [6.45, 7) is 3.27. The molecule has 0 aliphatic heterocycles. The standard InChI is InChI=1S/C20H22F3NO4/c1-13(25)17(26)16(18(27)28)11-24(2)12-19(8-3-4-9-19)14-6-5-7-15(10-14)20(21,22)23/h5-7,10-11,25H,1,3-4,8-9,12H2,2H3,(H,27,28)/b16-11+. The number of aliphatic hydroxyl groups is 1. The van der Waals surface area contributed by atoms with Gasteiger partial charge in [-0.15, -0.1) is 0 Å². The van der Waals surface area contributed by atoms with Crippen molar-refractivity contribution in [3.63, 3.8) is 0 Å². The summed E-state index contributed by atoms with van der Waals surface area (Å²) in [5, 5.41) is 18.4. The van der Waals surface area contributed by atoms with Crippen molar-refractivity contribution in [1.29, 1.82) is 0 Å². The zero-order chi connectivity index (χ0) is 21.1. The first-order valence-electron chi connectivity index (χ1n) is 8.72. The van der Waals surface area contributed by atoms with Crippen LogP contribution in [0.5, 0.6) is 0 Å². The third-order valence-electron chi connectivity index (χ3n) is 5.00. The Morgan fingerprint density at radius 1 is 1.25 bits per heavy atom. The van der Waals surface area contributed by atoms with Crippen LogP contribution in [-0.2, 0) is 21.2 Å². The van der Waals surface area contributed by atoms with E-state index in [1.54, 1.807) is 13.1 Å². The lowest BCUT2D eigenvalue weighted by Crippen LogP contribution is -2.36. The van der Waals surface area contributed by atoms with E-state index < -0.39 is 40.2 Å². The van der Waals surface area contributed by atoms with Gasteiger partial charge in [0.1, 0.15) is 5.57 Å². The van der Waals surface area contributed by atoms with Gasteiger partial charge in [-0.25, -0.2) is 4.79 Å². The van der Waals surface area contributed by atoms with Crippen LogP contribution in [0.2, 0.25) is 0 Å². The molecule has 0 spiro atoms. The molecule has 0 saturated heterocycles. The summed E-state index contributed by atoms with van der Waals surface area (Å²) >= 11 is 0. The molecule has 1 aromatic carbocycles. The minimum Gasteiger partial charge on any atom is -0.505 e. The number of hydrogen-bond acceptors (Lipinski definition) is 4. The smallest absolute Gasteiger partial charge is 0.416 e. The van der Waals surface area contributed by atoms with Gasteiger partial charge in [0.15, 0.2) is 5.76 Å². The molecule has 2 rings (SSSR count). The Hall–Kier alpha value is -2.77. The van der Waals surface area contributed by atoms with Crippen molar-refractivity contribution in [2.75, 3.05) is 13.6 Å². The quantitative estimate of drug-likeness (QED) is 0.314. The Morgan fingerprint density at radius 2 is 1.86 bits per heavy atom. The van der Waals surface area contributed by atoms with Gasteiger partial charge in [-0.05, 0) is 24.5 Å². The number of allylic oxidation sites excluding steroid dienone is 1. The van der Waals surface area contributed by atoms with Gasteiger partial charge in [0, 0.05) is 25.2 Å². The number of nitrogens with zero attached hydrogens (tertiary/aromatic N) is 1. The van der Waals surface area contributed by atoms with E-state index in [9.17, 15) is 33.0 Å². The number of alkyl halides is 3. The van der Waals surface area contributed by atoms with E-state index in [4.69, 9.17) is 0 Å². The lowest BCUT2D eigenvalue weighted by Gasteiger charge is -2.34. The highest BCUT2D eigenvalue weighted by Crippen LogP contribution is 2.43. The number of hydrogen-bond donors (Lipinski definition) is 2. The van der Waals surface area contributed by atoms with Gasteiger partial charge in [-0.2, -0.15) is 13.2 Å². The second kappa shape index (κ2) is 8.08. The predicted octanol–water partition coefficient (Wildman–Crippen LogP) is 4.06. The van der Waals surface area contributed by atoms with Gasteiger partial charge in [-0.1, -0.05) is 37.6 Å². The second-order valence-corrected chi connectivity index (χ2v) is 7.10. The van der Waals surface area contributed by atoms with Crippen molar-refractivity contribution >= 4 is 11.8 Å². The van der Waals surface area contributed by atoms with E-state index in [1.165, 1.54) is 11.0 Å². The van der Waals surface area contributed by atoms with Crippen LogP contribution in [0, 0.1) is 0 Å². The molecule has 1 fully saturated rings. The summed E-state index contributed by atoms with van der Waals surface area (Å²) in [5.74, 6) is -3.53. The number of rotatable bonds is 7. The molecule has 0 aromatic heterocycles. The van der Waals surface area contributed by atoms with Crippen LogP contribution in [-0.4, -0.2) is 40.5 Å². The zero-order valence-corrected chi connectivity index (χ0v) is 15.4. The molecule has 0 unspecified atom stereocenters. The maximum atomic E-state index is 13.1. The Bertz CT molecular complexity index is 808. The number of carboxylic acids is 1. The normalized spacial score (nSPS) is 16.6. The Kier molecular flexibility index (Phi) is 6.21. The molecule has 1 aliphatic rings. The first kappa shape index (κ1) is 21.5.